The first-order valence-corrected chi connectivity index (χ1v) is 9.14. The highest BCUT2D eigenvalue weighted by Crippen LogP contribution is 2.31. The van der Waals surface area contributed by atoms with Crippen molar-refractivity contribution in [2.24, 2.45) is 5.41 Å². The number of carboxylic acids is 1. The van der Waals surface area contributed by atoms with Gasteiger partial charge in [-0.1, -0.05) is 32.9 Å². The van der Waals surface area contributed by atoms with Gasteiger partial charge in [0.2, 0.25) is 5.91 Å². The minimum Gasteiger partial charge on any atom is -0.478 e. The maximum absolute atomic E-state index is 12.5. The Kier molecular flexibility index (Phi) is 5.00. The van der Waals surface area contributed by atoms with E-state index in [1.807, 2.05) is 44.7 Å². The molecular weight excluding hydrogens is 342 g/mol. The molecule has 1 N–H and O–H groups in total. The van der Waals surface area contributed by atoms with E-state index < -0.39 is 5.97 Å². The molecule has 2 aromatic rings. The summed E-state index contributed by atoms with van der Waals surface area (Å²) < 4.78 is 0. The van der Waals surface area contributed by atoms with Crippen LogP contribution < -0.4 is 0 Å². The van der Waals surface area contributed by atoms with Crippen LogP contribution in [0, 0.1) is 12.3 Å². The number of nitrogens with zero attached hydrogens (tertiary/aromatic N) is 3. The van der Waals surface area contributed by atoms with Gasteiger partial charge in [-0.05, 0) is 31.5 Å². The predicted octanol–water partition coefficient (Wildman–Crippen LogP) is 3.51. The van der Waals surface area contributed by atoms with Crippen LogP contribution >= 0.6 is 0 Å². The quantitative estimate of drug-likeness (QED) is 0.897. The van der Waals surface area contributed by atoms with E-state index in [9.17, 15) is 14.7 Å². The fraction of sp³-hybridized carbons (Fsp3) is 0.429. The van der Waals surface area contributed by atoms with Crippen molar-refractivity contribution in [3.8, 4) is 11.3 Å². The van der Waals surface area contributed by atoms with Gasteiger partial charge in [-0.25, -0.2) is 14.8 Å². The minimum absolute atomic E-state index is 0.158. The van der Waals surface area contributed by atoms with Crippen LogP contribution in [-0.2, 0) is 4.79 Å². The zero-order valence-corrected chi connectivity index (χ0v) is 16.2. The zero-order chi connectivity index (χ0) is 19.8. The fourth-order valence-corrected chi connectivity index (χ4v) is 3.42. The number of likely N-dealkylation sites (tertiary alicyclic amines) is 1. The summed E-state index contributed by atoms with van der Waals surface area (Å²) in [5.41, 5.74) is 2.21. The van der Waals surface area contributed by atoms with Crippen molar-refractivity contribution in [2.75, 3.05) is 13.1 Å². The van der Waals surface area contributed by atoms with E-state index in [0.29, 0.717) is 18.1 Å². The third kappa shape index (κ3) is 4.15. The van der Waals surface area contributed by atoms with Gasteiger partial charge < -0.3 is 10.0 Å². The molecule has 1 aromatic heterocycles. The second-order valence-corrected chi connectivity index (χ2v) is 8.10. The average molecular weight is 367 g/mol. The Bertz CT molecular complexity index is 886. The van der Waals surface area contributed by atoms with E-state index >= 15 is 0 Å². The number of hydrogen-bond donors (Lipinski definition) is 1. The molecule has 1 saturated heterocycles. The summed E-state index contributed by atoms with van der Waals surface area (Å²) in [6.45, 7) is 9.02. The molecule has 1 aliphatic heterocycles. The van der Waals surface area contributed by atoms with Gasteiger partial charge >= 0.3 is 5.97 Å². The first-order valence-electron chi connectivity index (χ1n) is 9.14. The largest absolute Gasteiger partial charge is 0.478 e. The highest BCUT2D eigenvalue weighted by Gasteiger charge is 2.34. The van der Waals surface area contributed by atoms with Crippen LogP contribution in [0.25, 0.3) is 11.3 Å². The molecule has 142 valence electrons. The summed E-state index contributed by atoms with van der Waals surface area (Å²) in [5.74, 6) is 0.00312. The van der Waals surface area contributed by atoms with Crippen LogP contribution in [0.5, 0.6) is 0 Å². The number of carbonyl (C=O) groups is 2. The van der Waals surface area contributed by atoms with Crippen molar-refractivity contribution >= 4 is 11.9 Å². The monoisotopic (exact) mass is 367 g/mol. The van der Waals surface area contributed by atoms with Gasteiger partial charge in [0.15, 0.2) is 0 Å². The number of carboxylic acid groups (broad SMARTS) is 1. The smallest absolute Gasteiger partial charge is 0.335 e. The van der Waals surface area contributed by atoms with Gasteiger partial charge in [-0.2, -0.15) is 0 Å². The lowest BCUT2D eigenvalue weighted by atomic mass is 9.95. The maximum atomic E-state index is 12.5. The van der Waals surface area contributed by atoms with Crippen molar-refractivity contribution in [1.29, 1.82) is 0 Å². The predicted molar refractivity (Wildman–Crippen MR) is 103 cm³/mol. The Balaban J connectivity index is 1.88. The van der Waals surface area contributed by atoms with Crippen molar-refractivity contribution in [3.63, 3.8) is 0 Å². The molecule has 0 saturated carbocycles. The molecule has 1 amide bonds. The molecule has 3 rings (SSSR count). The summed E-state index contributed by atoms with van der Waals surface area (Å²) in [4.78, 5) is 34.8. The maximum Gasteiger partial charge on any atom is 0.335 e. The summed E-state index contributed by atoms with van der Waals surface area (Å²) >= 11 is 0. The van der Waals surface area contributed by atoms with Crippen molar-refractivity contribution in [3.05, 3.63) is 47.4 Å². The van der Waals surface area contributed by atoms with Gasteiger partial charge in [0.25, 0.3) is 0 Å². The molecule has 0 aliphatic carbocycles. The summed E-state index contributed by atoms with van der Waals surface area (Å²) in [6.07, 6.45) is 0.868. The van der Waals surface area contributed by atoms with Crippen LogP contribution in [-0.4, -0.2) is 44.9 Å². The average Bonchev–Trinajstić information content (AvgIpc) is 3.09. The zero-order valence-electron chi connectivity index (χ0n) is 16.2. The summed E-state index contributed by atoms with van der Waals surface area (Å²) in [7, 11) is 0. The van der Waals surface area contributed by atoms with Crippen LogP contribution in [0.3, 0.4) is 0 Å². The van der Waals surface area contributed by atoms with E-state index in [4.69, 9.17) is 0 Å². The van der Waals surface area contributed by atoms with Crippen LogP contribution in [0.2, 0.25) is 0 Å². The number of amides is 1. The van der Waals surface area contributed by atoms with Crippen molar-refractivity contribution in [1.82, 2.24) is 14.9 Å². The molecule has 0 spiro atoms. The molecule has 2 heterocycles. The van der Waals surface area contributed by atoms with Crippen molar-refractivity contribution < 1.29 is 14.7 Å². The van der Waals surface area contributed by atoms with Crippen LogP contribution in [0.4, 0.5) is 0 Å². The molecule has 0 bridgehead atoms. The fourth-order valence-electron chi connectivity index (χ4n) is 3.42. The van der Waals surface area contributed by atoms with E-state index in [0.717, 1.165) is 24.2 Å². The minimum atomic E-state index is -0.963. The number of aryl methyl sites for hydroxylation is 1. The second kappa shape index (κ2) is 7.10. The Morgan fingerprint density at radius 3 is 2.59 bits per heavy atom. The molecule has 1 unspecified atom stereocenters. The molecule has 1 atom stereocenters. The first kappa shape index (κ1) is 19.0. The third-order valence-corrected chi connectivity index (χ3v) is 4.80. The lowest BCUT2D eigenvalue weighted by Gasteiger charge is -2.25. The first-order chi connectivity index (χ1) is 12.6. The number of aromatic nitrogens is 2. The number of carbonyl (C=O) groups excluding carboxylic acids is 1. The summed E-state index contributed by atoms with van der Waals surface area (Å²) in [6, 6.07) is 8.67. The van der Waals surface area contributed by atoms with Gasteiger partial charge in [0, 0.05) is 35.7 Å². The molecule has 1 aliphatic rings. The van der Waals surface area contributed by atoms with Crippen LogP contribution in [0.1, 0.15) is 55.0 Å². The number of hydrogen-bond acceptors (Lipinski definition) is 4. The Hall–Kier alpha value is -2.76. The molecule has 0 radical (unpaired) electrons. The normalized spacial score (nSPS) is 17.2. The van der Waals surface area contributed by atoms with E-state index in [-0.39, 0.29) is 22.8 Å². The highest BCUT2D eigenvalue weighted by atomic mass is 16.4. The summed E-state index contributed by atoms with van der Waals surface area (Å²) in [5, 5.41) is 9.21. The van der Waals surface area contributed by atoms with E-state index in [2.05, 4.69) is 9.97 Å². The lowest BCUT2D eigenvalue weighted by molar-refractivity contribution is -0.138. The highest BCUT2D eigenvalue weighted by molar-refractivity contribution is 5.89. The Labute approximate surface area is 159 Å². The Morgan fingerprint density at radius 2 is 1.93 bits per heavy atom. The van der Waals surface area contributed by atoms with Gasteiger partial charge in [0.1, 0.15) is 5.82 Å². The molecular formula is C21H25N3O3. The molecule has 6 nitrogen and oxygen atoms in total. The molecule has 1 aromatic carbocycles. The standard InChI is InChI=1S/C21H25N3O3/c1-13-22-17(14-6-5-7-15(10-14)19(25)26)11-18(23-13)16-8-9-24(12-16)20(27)21(2,3)4/h5-7,10-11,16H,8-9,12H2,1-4H3,(H,25,26). The van der Waals surface area contributed by atoms with Crippen LogP contribution in [0.15, 0.2) is 30.3 Å². The number of aromatic carboxylic acids is 1. The third-order valence-electron chi connectivity index (χ3n) is 4.80. The SMILES string of the molecule is Cc1nc(-c2cccc(C(=O)O)c2)cc(C2CCN(C(=O)C(C)(C)C)C2)n1. The second-order valence-electron chi connectivity index (χ2n) is 8.10. The van der Waals surface area contributed by atoms with Gasteiger partial charge in [-0.3, -0.25) is 4.79 Å². The number of rotatable bonds is 3. The molecule has 6 heteroatoms. The van der Waals surface area contributed by atoms with Gasteiger partial charge in [0.05, 0.1) is 11.3 Å². The lowest BCUT2D eigenvalue weighted by Crippen LogP contribution is -2.37. The van der Waals surface area contributed by atoms with E-state index in [1.165, 1.54) is 0 Å². The van der Waals surface area contributed by atoms with Crippen molar-refractivity contribution in [2.45, 2.75) is 40.0 Å². The Morgan fingerprint density at radius 1 is 1.19 bits per heavy atom. The van der Waals surface area contributed by atoms with E-state index in [1.54, 1.807) is 18.2 Å². The molecule has 27 heavy (non-hydrogen) atoms. The molecule has 1 fully saturated rings. The topological polar surface area (TPSA) is 83.4 Å². The number of benzene rings is 1. The van der Waals surface area contributed by atoms with Gasteiger partial charge in [-0.15, -0.1) is 0 Å².